The van der Waals surface area contributed by atoms with E-state index in [0.717, 1.165) is 13.2 Å². The number of quaternary nitrogens is 2. The summed E-state index contributed by atoms with van der Waals surface area (Å²) in [6.45, 7) is 12.3. The summed E-state index contributed by atoms with van der Waals surface area (Å²) in [5.41, 5.74) is 0. The Hall–Kier alpha value is -0.160. The SMILES string of the molecule is COCC[N+]12CC[N+](CCOC)(CC1)CC2. The molecule has 0 aromatic rings. The Balaban J connectivity index is 1.87. The van der Waals surface area contributed by atoms with Crippen molar-refractivity contribution in [1.29, 1.82) is 0 Å². The van der Waals surface area contributed by atoms with Crippen molar-refractivity contribution in [3.8, 4) is 0 Å². The molecule has 0 atom stereocenters. The molecule has 0 amide bonds. The number of fused-ring (bicyclic) bond motifs is 3. The molecule has 0 spiro atoms. The number of methoxy groups -OCH3 is 2. The fraction of sp³-hybridized carbons (Fsp3) is 1.00. The van der Waals surface area contributed by atoms with Crippen LogP contribution in [0.3, 0.4) is 0 Å². The summed E-state index contributed by atoms with van der Waals surface area (Å²) in [7, 11) is 3.62. The number of piperazine rings is 3. The van der Waals surface area contributed by atoms with Crippen LogP contribution in [0.1, 0.15) is 0 Å². The Morgan fingerprint density at radius 2 is 1.00 bits per heavy atom. The summed E-state index contributed by atoms with van der Waals surface area (Å²) in [6.07, 6.45) is 0. The summed E-state index contributed by atoms with van der Waals surface area (Å²) in [6, 6.07) is 0. The molecule has 16 heavy (non-hydrogen) atoms. The lowest BCUT2D eigenvalue weighted by Gasteiger charge is -2.55. The molecule has 4 nitrogen and oxygen atoms in total. The topological polar surface area (TPSA) is 18.5 Å². The van der Waals surface area contributed by atoms with E-state index in [1.165, 1.54) is 61.3 Å². The summed E-state index contributed by atoms with van der Waals surface area (Å²) < 4.78 is 13.1. The van der Waals surface area contributed by atoms with E-state index in [-0.39, 0.29) is 0 Å². The molecule has 0 aromatic carbocycles. The molecule has 0 unspecified atom stereocenters. The van der Waals surface area contributed by atoms with Gasteiger partial charge in [0.2, 0.25) is 0 Å². The van der Waals surface area contributed by atoms with Crippen LogP contribution < -0.4 is 0 Å². The van der Waals surface area contributed by atoms with Crippen LogP contribution in [0, 0.1) is 0 Å². The number of hydrogen-bond donors (Lipinski definition) is 0. The zero-order valence-corrected chi connectivity index (χ0v) is 10.8. The standard InChI is InChI=1S/C12H26N2O2/c1-15-11-9-13-3-6-14(7-4-13,8-5-13)10-12-16-2/h3-12H2,1-2H3/q+2. The van der Waals surface area contributed by atoms with E-state index in [1.54, 1.807) is 0 Å². The predicted molar refractivity (Wildman–Crippen MR) is 63.2 cm³/mol. The number of rotatable bonds is 6. The van der Waals surface area contributed by atoms with Crippen molar-refractivity contribution in [2.45, 2.75) is 0 Å². The van der Waals surface area contributed by atoms with Crippen molar-refractivity contribution in [2.24, 2.45) is 0 Å². The van der Waals surface area contributed by atoms with E-state index in [0.29, 0.717) is 0 Å². The van der Waals surface area contributed by atoms with Crippen LogP contribution in [-0.4, -0.2) is 88.8 Å². The van der Waals surface area contributed by atoms with E-state index in [9.17, 15) is 0 Å². The minimum atomic E-state index is 0.915. The average molecular weight is 230 g/mol. The fourth-order valence-electron chi connectivity index (χ4n) is 3.18. The second-order valence-corrected chi connectivity index (χ2v) is 5.46. The van der Waals surface area contributed by atoms with Crippen LogP contribution in [0.4, 0.5) is 0 Å². The maximum atomic E-state index is 5.24. The Morgan fingerprint density at radius 3 is 1.25 bits per heavy atom. The third-order valence-electron chi connectivity index (χ3n) is 4.69. The summed E-state index contributed by atoms with van der Waals surface area (Å²) in [4.78, 5) is 0. The van der Waals surface area contributed by atoms with Gasteiger partial charge in [-0.15, -0.1) is 0 Å². The van der Waals surface area contributed by atoms with Gasteiger partial charge in [-0.05, 0) is 0 Å². The largest absolute Gasteiger partial charge is 0.379 e. The molecule has 3 aliphatic rings. The van der Waals surface area contributed by atoms with Crippen LogP contribution >= 0.6 is 0 Å². The van der Waals surface area contributed by atoms with Crippen molar-refractivity contribution in [3.63, 3.8) is 0 Å². The Kier molecular flexibility index (Phi) is 3.85. The first-order valence-electron chi connectivity index (χ1n) is 6.42. The normalized spacial score (nSPS) is 37.9. The van der Waals surface area contributed by atoms with Gasteiger partial charge >= 0.3 is 0 Å². The van der Waals surface area contributed by atoms with Crippen LogP contribution in [0.2, 0.25) is 0 Å². The third-order valence-corrected chi connectivity index (χ3v) is 4.69. The molecule has 94 valence electrons. The number of nitrogens with zero attached hydrogens (tertiary/aromatic N) is 2. The van der Waals surface area contributed by atoms with Gasteiger partial charge in [0, 0.05) is 14.2 Å². The van der Waals surface area contributed by atoms with E-state index < -0.39 is 0 Å². The molecule has 0 aromatic heterocycles. The summed E-state index contributed by atoms with van der Waals surface area (Å²) >= 11 is 0. The van der Waals surface area contributed by atoms with Crippen molar-refractivity contribution in [2.75, 3.05) is 79.8 Å². The molecule has 0 radical (unpaired) electrons. The van der Waals surface area contributed by atoms with Crippen LogP contribution in [0.5, 0.6) is 0 Å². The predicted octanol–water partition coefficient (Wildman–Crippen LogP) is -0.0600. The van der Waals surface area contributed by atoms with Crippen LogP contribution in [0.15, 0.2) is 0 Å². The highest BCUT2D eigenvalue weighted by atomic mass is 16.5. The smallest absolute Gasteiger partial charge is 0.129 e. The van der Waals surface area contributed by atoms with Crippen molar-refractivity contribution >= 4 is 0 Å². The highest BCUT2D eigenvalue weighted by molar-refractivity contribution is 4.62. The van der Waals surface area contributed by atoms with Gasteiger partial charge in [0.25, 0.3) is 0 Å². The monoisotopic (exact) mass is 230 g/mol. The maximum Gasteiger partial charge on any atom is 0.129 e. The molecule has 0 aliphatic carbocycles. The second kappa shape index (κ2) is 5.00. The molecule has 3 heterocycles. The van der Waals surface area contributed by atoms with Crippen LogP contribution in [-0.2, 0) is 9.47 Å². The number of ether oxygens (including phenoxy) is 2. The first kappa shape index (κ1) is 12.3. The summed E-state index contributed by atoms with van der Waals surface area (Å²) in [5.74, 6) is 0. The lowest BCUT2D eigenvalue weighted by Crippen LogP contribution is -2.75. The van der Waals surface area contributed by atoms with E-state index in [2.05, 4.69) is 0 Å². The fourth-order valence-corrected chi connectivity index (χ4v) is 3.18. The second-order valence-electron chi connectivity index (χ2n) is 5.46. The van der Waals surface area contributed by atoms with E-state index >= 15 is 0 Å². The van der Waals surface area contributed by atoms with Crippen molar-refractivity contribution < 1.29 is 18.4 Å². The van der Waals surface area contributed by atoms with Crippen molar-refractivity contribution in [3.05, 3.63) is 0 Å². The Bertz CT molecular complexity index is 185. The Morgan fingerprint density at radius 1 is 0.688 bits per heavy atom. The highest BCUT2D eigenvalue weighted by Crippen LogP contribution is 2.26. The van der Waals surface area contributed by atoms with Gasteiger partial charge < -0.3 is 18.4 Å². The van der Waals surface area contributed by atoms with Crippen LogP contribution in [0.25, 0.3) is 0 Å². The lowest BCUT2D eigenvalue weighted by molar-refractivity contribution is -1.08. The van der Waals surface area contributed by atoms with E-state index in [1.807, 2.05) is 14.2 Å². The van der Waals surface area contributed by atoms with Gasteiger partial charge in [0.05, 0.1) is 13.2 Å². The Labute approximate surface area is 98.9 Å². The molecule has 3 aliphatic heterocycles. The third kappa shape index (κ3) is 2.40. The molecule has 4 heteroatoms. The lowest BCUT2D eigenvalue weighted by atomic mass is 10.1. The minimum Gasteiger partial charge on any atom is -0.379 e. The van der Waals surface area contributed by atoms with Gasteiger partial charge in [-0.25, -0.2) is 0 Å². The minimum absolute atomic E-state index is 0.915. The zero-order chi connectivity index (χ0) is 11.5. The highest BCUT2D eigenvalue weighted by Gasteiger charge is 2.48. The first-order chi connectivity index (χ1) is 7.74. The molecule has 3 fully saturated rings. The van der Waals surface area contributed by atoms with Gasteiger partial charge in [-0.2, -0.15) is 0 Å². The first-order valence-corrected chi connectivity index (χ1v) is 6.42. The summed E-state index contributed by atoms with van der Waals surface area (Å²) in [5, 5.41) is 0. The average Bonchev–Trinajstić information content (AvgIpc) is 2.37. The zero-order valence-electron chi connectivity index (χ0n) is 10.8. The van der Waals surface area contributed by atoms with Gasteiger partial charge in [0.1, 0.15) is 52.4 Å². The maximum absolute atomic E-state index is 5.24. The quantitative estimate of drug-likeness (QED) is 0.595. The molecular formula is C12H26N2O2+2. The molecule has 0 N–H and O–H groups in total. The van der Waals surface area contributed by atoms with E-state index in [4.69, 9.17) is 9.47 Å². The molecular weight excluding hydrogens is 204 g/mol. The molecule has 3 saturated heterocycles. The molecule has 2 bridgehead atoms. The van der Waals surface area contributed by atoms with Gasteiger partial charge in [-0.3, -0.25) is 0 Å². The molecule has 0 saturated carbocycles. The number of hydrogen-bond acceptors (Lipinski definition) is 2. The van der Waals surface area contributed by atoms with Gasteiger partial charge in [0.15, 0.2) is 0 Å². The van der Waals surface area contributed by atoms with Crippen molar-refractivity contribution in [1.82, 2.24) is 0 Å². The molecule has 3 rings (SSSR count). The van der Waals surface area contributed by atoms with Gasteiger partial charge in [-0.1, -0.05) is 0 Å².